The first-order valence-electron chi connectivity index (χ1n) is 9.35. The van der Waals surface area contributed by atoms with Crippen molar-refractivity contribution in [1.29, 1.82) is 0 Å². The lowest BCUT2D eigenvalue weighted by Crippen LogP contribution is -2.17. The van der Waals surface area contributed by atoms with Crippen molar-refractivity contribution < 1.29 is 9.53 Å². The minimum atomic E-state index is -0.362. The van der Waals surface area contributed by atoms with Crippen molar-refractivity contribution in [3.8, 4) is 0 Å². The maximum absolute atomic E-state index is 12.5. The van der Waals surface area contributed by atoms with Crippen molar-refractivity contribution in [3.05, 3.63) is 51.6 Å². The summed E-state index contributed by atoms with van der Waals surface area (Å²) in [5.41, 5.74) is 2.18. The molecule has 7 heteroatoms. The number of thioether (sulfide) groups is 1. The fourth-order valence-corrected chi connectivity index (χ4v) is 5.98. The highest BCUT2D eigenvalue weighted by atomic mass is 35.5. The number of fused-ring (bicyclic) bond motifs is 3. The molecule has 0 N–H and O–H groups in total. The predicted octanol–water partition coefficient (Wildman–Crippen LogP) is 5.69. The molecule has 2 atom stereocenters. The van der Waals surface area contributed by atoms with Gasteiger partial charge in [-0.3, -0.25) is 4.79 Å². The van der Waals surface area contributed by atoms with Gasteiger partial charge in [-0.2, -0.15) is 0 Å². The van der Waals surface area contributed by atoms with Crippen molar-refractivity contribution in [1.82, 2.24) is 9.97 Å². The van der Waals surface area contributed by atoms with Crippen LogP contribution in [-0.2, 0) is 29.0 Å². The first kappa shape index (κ1) is 19.7. The molecular formula is C21H21ClN2O2S2. The highest BCUT2D eigenvalue weighted by Crippen LogP contribution is 2.41. The molecule has 0 radical (unpaired) electrons. The van der Waals surface area contributed by atoms with Gasteiger partial charge < -0.3 is 4.74 Å². The molecule has 0 amide bonds. The van der Waals surface area contributed by atoms with E-state index >= 15 is 0 Å². The van der Waals surface area contributed by atoms with Crippen LogP contribution in [-0.4, -0.2) is 21.2 Å². The first-order chi connectivity index (χ1) is 13.5. The number of thiophene rings is 1. The molecule has 2 heterocycles. The van der Waals surface area contributed by atoms with Gasteiger partial charge in [0.25, 0.3) is 0 Å². The summed E-state index contributed by atoms with van der Waals surface area (Å²) in [6, 6.07) is 7.39. The topological polar surface area (TPSA) is 52.1 Å². The Labute approximate surface area is 177 Å². The number of carbonyl (C=O) groups is 1. The number of esters is 1. The molecular weight excluding hydrogens is 412 g/mol. The Morgan fingerprint density at radius 3 is 3.04 bits per heavy atom. The molecule has 0 saturated heterocycles. The molecule has 4 nitrogen and oxygen atoms in total. The summed E-state index contributed by atoms with van der Waals surface area (Å²) in [5.74, 6) is 0.442. The van der Waals surface area contributed by atoms with Gasteiger partial charge >= 0.3 is 5.97 Å². The van der Waals surface area contributed by atoms with Gasteiger partial charge in [0, 0.05) is 20.8 Å². The molecule has 0 unspecified atom stereocenters. The van der Waals surface area contributed by atoms with E-state index in [9.17, 15) is 4.79 Å². The van der Waals surface area contributed by atoms with E-state index < -0.39 is 0 Å². The molecule has 0 saturated carbocycles. The lowest BCUT2D eigenvalue weighted by Gasteiger charge is -2.18. The highest BCUT2D eigenvalue weighted by Gasteiger charge is 2.25. The maximum Gasteiger partial charge on any atom is 0.319 e. The lowest BCUT2D eigenvalue weighted by atomic mass is 9.89. The standard InChI is InChI=1S/C21H21ClN2O2S2/c1-12-7-8-15-17(9-12)28-20-18(15)19(23-11-24-20)27-13(2)21(25)26-10-14-5-3-4-6-16(14)22/h3-6,11-13H,7-10H2,1-2H3/t12-,13+/m0/s1. The van der Waals surface area contributed by atoms with Crippen LogP contribution in [0.2, 0.25) is 5.02 Å². The van der Waals surface area contributed by atoms with E-state index in [1.54, 1.807) is 23.7 Å². The SMILES string of the molecule is C[C@H]1CCc2c(sc3ncnc(S[C@H](C)C(=O)OCc4ccccc4Cl)c23)C1. The summed E-state index contributed by atoms with van der Waals surface area (Å²) >= 11 is 9.35. The zero-order valence-electron chi connectivity index (χ0n) is 15.8. The number of ether oxygens (including phenoxy) is 1. The summed E-state index contributed by atoms with van der Waals surface area (Å²) in [6.07, 6.45) is 4.95. The van der Waals surface area contributed by atoms with Crippen LogP contribution >= 0.6 is 34.7 Å². The third kappa shape index (κ3) is 4.04. The fourth-order valence-electron chi connectivity index (χ4n) is 3.43. The second-order valence-electron chi connectivity index (χ2n) is 7.17. The third-order valence-corrected chi connectivity index (χ3v) is 7.61. The molecule has 1 aromatic carbocycles. The Morgan fingerprint density at radius 2 is 2.21 bits per heavy atom. The minimum absolute atomic E-state index is 0.175. The average molecular weight is 433 g/mol. The fraction of sp³-hybridized carbons (Fsp3) is 0.381. The zero-order valence-corrected chi connectivity index (χ0v) is 18.2. The average Bonchev–Trinajstić information content (AvgIpc) is 3.05. The second kappa shape index (κ2) is 8.39. The quantitative estimate of drug-likeness (QED) is 0.294. The van der Waals surface area contributed by atoms with Crippen molar-refractivity contribution >= 4 is 50.9 Å². The Kier molecular flexibility index (Phi) is 5.90. The first-order valence-corrected chi connectivity index (χ1v) is 11.4. The molecule has 28 heavy (non-hydrogen) atoms. The van der Waals surface area contributed by atoms with E-state index in [0.29, 0.717) is 10.9 Å². The Balaban J connectivity index is 1.50. The highest BCUT2D eigenvalue weighted by molar-refractivity contribution is 8.00. The molecule has 0 aliphatic heterocycles. The monoisotopic (exact) mass is 432 g/mol. The van der Waals surface area contributed by atoms with Gasteiger partial charge in [-0.05, 0) is 43.7 Å². The number of carbonyl (C=O) groups excluding carboxylic acids is 1. The number of aryl methyl sites for hydroxylation is 1. The number of hydrogen-bond donors (Lipinski definition) is 0. The lowest BCUT2D eigenvalue weighted by molar-refractivity contribution is -0.143. The van der Waals surface area contributed by atoms with Crippen LogP contribution in [0.25, 0.3) is 10.2 Å². The van der Waals surface area contributed by atoms with Crippen molar-refractivity contribution in [2.24, 2.45) is 5.92 Å². The number of nitrogens with zero attached hydrogens (tertiary/aromatic N) is 2. The summed E-state index contributed by atoms with van der Waals surface area (Å²) in [7, 11) is 0. The van der Waals surface area contributed by atoms with Crippen LogP contribution in [0.15, 0.2) is 35.6 Å². The van der Waals surface area contributed by atoms with Gasteiger partial charge in [-0.25, -0.2) is 9.97 Å². The number of hydrogen-bond acceptors (Lipinski definition) is 6. The zero-order chi connectivity index (χ0) is 19.7. The summed E-state index contributed by atoms with van der Waals surface area (Å²) < 4.78 is 5.48. The van der Waals surface area contributed by atoms with Crippen LogP contribution in [0, 0.1) is 5.92 Å². The van der Waals surface area contributed by atoms with Crippen LogP contribution in [0.1, 0.15) is 36.3 Å². The number of benzene rings is 1. The van der Waals surface area contributed by atoms with Gasteiger partial charge in [0.1, 0.15) is 28.0 Å². The molecule has 0 spiro atoms. The van der Waals surface area contributed by atoms with Gasteiger partial charge in [-0.1, -0.05) is 48.5 Å². The summed E-state index contributed by atoms with van der Waals surface area (Å²) in [5, 5.41) is 2.25. The van der Waals surface area contributed by atoms with E-state index in [-0.39, 0.29) is 17.8 Å². The summed E-state index contributed by atoms with van der Waals surface area (Å²) in [6.45, 7) is 4.33. The van der Waals surface area contributed by atoms with Gasteiger partial charge in [0.2, 0.25) is 0 Å². The smallest absolute Gasteiger partial charge is 0.319 e. The number of aromatic nitrogens is 2. The molecule has 1 aliphatic carbocycles. The molecule has 2 aromatic heterocycles. The molecule has 0 fully saturated rings. The van der Waals surface area contributed by atoms with E-state index in [0.717, 1.165) is 33.6 Å². The number of rotatable bonds is 5. The van der Waals surface area contributed by atoms with Gasteiger partial charge in [-0.15, -0.1) is 11.3 Å². The third-order valence-electron chi connectivity index (χ3n) is 5.01. The molecule has 0 bridgehead atoms. The van der Waals surface area contributed by atoms with Crippen LogP contribution in [0.3, 0.4) is 0 Å². The van der Waals surface area contributed by atoms with Gasteiger partial charge in [0.15, 0.2) is 0 Å². The molecule has 146 valence electrons. The molecule has 4 rings (SSSR count). The Bertz CT molecular complexity index is 1020. The van der Waals surface area contributed by atoms with Gasteiger partial charge in [0.05, 0.1) is 0 Å². The molecule has 1 aliphatic rings. The predicted molar refractivity (Wildman–Crippen MR) is 115 cm³/mol. The Morgan fingerprint density at radius 1 is 1.39 bits per heavy atom. The molecule has 3 aromatic rings. The maximum atomic E-state index is 12.5. The number of halogens is 1. The van der Waals surface area contributed by atoms with E-state index in [1.807, 2.05) is 25.1 Å². The second-order valence-corrected chi connectivity index (χ2v) is 9.99. The Hall–Kier alpha value is -1.63. The van der Waals surface area contributed by atoms with Crippen molar-refractivity contribution in [3.63, 3.8) is 0 Å². The summed E-state index contributed by atoms with van der Waals surface area (Å²) in [4.78, 5) is 23.9. The van der Waals surface area contributed by atoms with Crippen molar-refractivity contribution in [2.45, 2.75) is 50.0 Å². The van der Waals surface area contributed by atoms with Crippen LogP contribution in [0.5, 0.6) is 0 Å². The van der Waals surface area contributed by atoms with E-state index in [4.69, 9.17) is 16.3 Å². The van der Waals surface area contributed by atoms with E-state index in [1.165, 1.54) is 28.6 Å². The van der Waals surface area contributed by atoms with Crippen LogP contribution < -0.4 is 0 Å². The minimum Gasteiger partial charge on any atom is -0.460 e. The van der Waals surface area contributed by atoms with E-state index in [2.05, 4.69) is 16.9 Å². The largest absolute Gasteiger partial charge is 0.460 e. The van der Waals surface area contributed by atoms with Crippen molar-refractivity contribution in [2.75, 3.05) is 0 Å². The normalized spacial score (nSPS) is 17.3. The van der Waals surface area contributed by atoms with Crippen LogP contribution in [0.4, 0.5) is 0 Å².